The van der Waals surface area contributed by atoms with Crippen molar-refractivity contribution in [3.63, 3.8) is 0 Å². The molecule has 0 aromatic heterocycles. The van der Waals surface area contributed by atoms with Crippen LogP contribution in [0.25, 0.3) is 4.85 Å². The SMILES string of the molecule is [C-]#[N+]c1cccc2c1CC[C@H]2CCCCCCCCSc1cccc2c1CN(C1CCC(=O)NC1=O)C2=O. The van der Waals surface area contributed by atoms with Crippen molar-refractivity contribution in [2.45, 2.75) is 94.0 Å². The van der Waals surface area contributed by atoms with Gasteiger partial charge in [0.05, 0.1) is 6.57 Å². The van der Waals surface area contributed by atoms with E-state index in [0.717, 1.165) is 34.7 Å². The fourth-order valence-corrected chi connectivity index (χ4v) is 7.29. The Bertz CT molecular complexity index is 1270. The lowest BCUT2D eigenvalue weighted by molar-refractivity contribution is -0.136. The van der Waals surface area contributed by atoms with Crippen molar-refractivity contribution in [2.24, 2.45) is 0 Å². The number of thioether (sulfide) groups is 1. The number of nitrogens with one attached hydrogen (secondary N) is 1. The third-order valence-electron chi connectivity index (χ3n) is 8.23. The molecule has 1 aliphatic carbocycles. The van der Waals surface area contributed by atoms with E-state index in [1.807, 2.05) is 24.3 Å². The third-order valence-corrected chi connectivity index (χ3v) is 9.42. The van der Waals surface area contributed by atoms with E-state index in [1.54, 1.807) is 16.7 Å². The molecule has 0 bridgehead atoms. The second-order valence-corrected chi connectivity index (χ2v) is 11.8. The number of hydrogen-bond donors (Lipinski definition) is 1. The van der Waals surface area contributed by atoms with Gasteiger partial charge in [0.25, 0.3) is 5.91 Å². The molecule has 2 heterocycles. The summed E-state index contributed by atoms with van der Waals surface area (Å²) in [6, 6.07) is 11.5. The van der Waals surface area contributed by atoms with E-state index in [1.165, 1.54) is 56.1 Å². The molecule has 2 aliphatic heterocycles. The van der Waals surface area contributed by atoms with Crippen LogP contribution in [0.1, 0.15) is 97.2 Å². The number of benzene rings is 2. The molecule has 1 unspecified atom stereocenters. The second-order valence-electron chi connectivity index (χ2n) is 10.6. The molecule has 6 nitrogen and oxygen atoms in total. The van der Waals surface area contributed by atoms with E-state index in [2.05, 4.69) is 22.3 Å². The lowest BCUT2D eigenvalue weighted by atomic mass is 9.94. The molecule has 1 fully saturated rings. The van der Waals surface area contributed by atoms with Crippen LogP contribution >= 0.6 is 11.8 Å². The molecule has 1 saturated heterocycles. The number of imide groups is 1. The molecule has 0 spiro atoms. The van der Waals surface area contributed by atoms with Crippen molar-refractivity contribution in [2.75, 3.05) is 5.75 Å². The van der Waals surface area contributed by atoms with Crippen LogP contribution in [0.15, 0.2) is 41.3 Å². The Hall–Kier alpha value is -3.11. The Labute approximate surface area is 229 Å². The standard InChI is InChI=1S/C31H35N3O3S/c1-32-26-13-8-11-22-21(15-16-23(22)26)10-6-4-2-3-5-7-19-38-28-14-9-12-24-25(28)20-34(31(24)37)27-17-18-29(35)33-30(27)36/h8-9,11-14,21,27H,2-7,10,15-20H2,(H,33,35,36)/t21-,27?/m1/s1. The lowest BCUT2D eigenvalue weighted by Crippen LogP contribution is -2.52. The summed E-state index contributed by atoms with van der Waals surface area (Å²) >= 11 is 1.80. The zero-order valence-corrected chi connectivity index (χ0v) is 22.7. The maximum atomic E-state index is 13.0. The number of nitrogens with zero attached hydrogens (tertiary/aromatic N) is 2. The summed E-state index contributed by atoms with van der Waals surface area (Å²) in [5.74, 6) is 0.922. The predicted molar refractivity (Wildman–Crippen MR) is 149 cm³/mol. The Morgan fingerprint density at radius 2 is 1.71 bits per heavy atom. The van der Waals surface area contributed by atoms with Crippen LogP contribution in [-0.4, -0.2) is 34.4 Å². The maximum absolute atomic E-state index is 13.0. The third kappa shape index (κ3) is 5.66. The van der Waals surface area contributed by atoms with Gasteiger partial charge in [-0.2, -0.15) is 0 Å². The van der Waals surface area contributed by atoms with Gasteiger partial charge >= 0.3 is 0 Å². The van der Waals surface area contributed by atoms with Crippen LogP contribution in [0, 0.1) is 6.57 Å². The number of rotatable bonds is 11. The summed E-state index contributed by atoms with van der Waals surface area (Å²) in [4.78, 5) is 43.3. The number of fused-ring (bicyclic) bond motifs is 2. The van der Waals surface area contributed by atoms with Gasteiger partial charge in [-0.05, 0) is 67.0 Å². The highest BCUT2D eigenvalue weighted by Gasteiger charge is 2.39. The minimum Gasteiger partial charge on any atom is -0.322 e. The molecule has 2 aromatic rings. The van der Waals surface area contributed by atoms with Crippen LogP contribution < -0.4 is 5.32 Å². The van der Waals surface area contributed by atoms with E-state index in [4.69, 9.17) is 6.57 Å². The highest BCUT2D eigenvalue weighted by molar-refractivity contribution is 7.99. The molecule has 38 heavy (non-hydrogen) atoms. The van der Waals surface area contributed by atoms with E-state index < -0.39 is 6.04 Å². The fraction of sp³-hybridized carbons (Fsp3) is 0.484. The molecule has 0 radical (unpaired) electrons. The zero-order chi connectivity index (χ0) is 26.5. The number of unbranched alkanes of at least 4 members (excludes halogenated alkanes) is 5. The van der Waals surface area contributed by atoms with Crippen LogP contribution in [0.2, 0.25) is 0 Å². The van der Waals surface area contributed by atoms with Crippen molar-refractivity contribution in [3.8, 4) is 0 Å². The number of piperidine rings is 1. The molecule has 2 aromatic carbocycles. The van der Waals surface area contributed by atoms with Gasteiger partial charge < -0.3 is 4.90 Å². The molecule has 0 saturated carbocycles. The Morgan fingerprint density at radius 1 is 0.921 bits per heavy atom. The average molecular weight is 530 g/mol. The summed E-state index contributed by atoms with van der Waals surface area (Å²) in [6.07, 6.45) is 11.6. The fourth-order valence-electron chi connectivity index (χ4n) is 6.20. The average Bonchev–Trinajstić information content (AvgIpc) is 3.49. The molecular weight excluding hydrogens is 494 g/mol. The summed E-state index contributed by atoms with van der Waals surface area (Å²) in [5, 5.41) is 2.37. The van der Waals surface area contributed by atoms with Crippen molar-refractivity contribution in [1.82, 2.24) is 10.2 Å². The second kappa shape index (κ2) is 12.2. The summed E-state index contributed by atoms with van der Waals surface area (Å²) in [6.45, 7) is 7.81. The first-order valence-corrected chi connectivity index (χ1v) is 14.9. The van der Waals surface area contributed by atoms with Gasteiger partial charge in [0.2, 0.25) is 11.8 Å². The molecular formula is C31H35N3O3S. The van der Waals surface area contributed by atoms with Gasteiger partial charge in [-0.1, -0.05) is 61.9 Å². The van der Waals surface area contributed by atoms with Crippen LogP contribution in [0.5, 0.6) is 0 Å². The van der Waals surface area contributed by atoms with Crippen molar-refractivity contribution >= 4 is 35.2 Å². The summed E-state index contributed by atoms with van der Waals surface area (Å²) < 4.78 is 0. The van der Waals surface area contributed by atoms with Gasteiger partial charge in [-0.3, -0.25) is 19.7 Å². The van der Waals surface area contributed by atoms with Gasteiger partial charge in [0.1, 0.15) is 6.04 Å². The number of hydrogen-bond acceptors (Lipinski definition) is 4. The summed E-state index contributed by atoms with van der Waals surface area (Å²) in [5.41, 5.74) is 5.27. The first-order valence-electron chi connectivity index (χ1n) is 14.0. The minimum atomic E-state index is -0.565. The molecule has 198 valence electrons. The highest BCUT2D eigenvalue weighted by Crippen LogP contribution is 2.41. The minimum absolute atomic E-state index is 0.107. The predicted octanol–water partition coefficient (Wildman–Crippen LogP) is 6.55. The maximum Gasteiger partial charge on any atom is 0.255 e. The van der Waals surface area contributed by atoms with Crippen LogP contribution in [0.3, 0.4) is 0 Å². The molecule has 3 aliphatic rings. The summed E-state index contributed by atoms with van der Waals surface area (Å²) in [7, 11) is 0. The monoisotopic (exact) mass is 529 g/mol. The molecule has 1 N–H and O–H groups in total. The number of carbonyl (C=O) groups excluding carboxylic acids is 3. The zero-order valence-electron chi connectivity index (χ0n) is 21.8. The van der Waals surface area contributed by atoms with E-state index in [-0.39, 0.29) is 24.1 Å². The van der Waals surface area contributed by atoms with Crippen molar-refractivity contribution in [3.05, 3.63) is 70.1 Å². The Balaban J connectivity index is 1.00. The Kier molecular flexibility index (Phi) is 8.48. The lowest BCUT2D eigenvalue weighted by Gasteiger charge is -2.29. The van der Waals surface area contributed by atoms with Gasteiger partial charge in [0, 0.05) is 23.4 Å². The smallest absolute Gasteiger partial charge is 0.255 e. The first kappa shape index (κ1) is 26.5. The molecule has 2 atom stereocenters. The highest BCUT2D eigenvalue weighted by atomic mass is 32.2. The number of amides is 3. The largest absolute Gasteiger partial charge is 0.322 e. The normalized spacial score (nSPS) is 20.3. The van der Waals surface area contributed by atoms with Crippen molar-refractivity contribution < 1.29 is 14.4 Å². The number of carbonyl (C=O) groups is 3. The van der Waals surface area contributed by atoms with Crippen molar-refractivity contribution in [1.29, 1.82) is 0 Å². The molecule has 7 heteroatoms. The van der Waals surface area contributed by atoms with E-state index in [0.29, 0.717) is 24.4 Å². The van der Waals surface area contributed by atoms with Gasteiger partial charge in [-0.15, -0.1) is 11.8 Å². The topological polar surface area (TPSA) is 70.8 Å². The quantitative estimate of drug-likeness (QED) is 0.155. The Morgan fingerprint density at radius 3 is 2.53 bits per heavy atom. The first-order chi connectivity index (χ1) is 18.6. The van der Waals surface area contributed by atoms with Crippen LogP contribution in [0.4, 0.5) is 5.69 Å². The van der Waals surface area contributed by atoms with Crippen LogP contribution in [-0.2, 0) is 22.6 Å². The van der Waals surface area contributed by atoms with E-state index >= 15 is 0 Å². The van der Waals surface area contributed by atoms with E-state index in [9.17, 15) is 14.4 Å². The molecule has 5 rings (SSSR count). The molecule has 3 amide bonds. The van der Waals surface area contributed by atoms with Gasteiger partial charge in [-0.25, -0.2) is 4.85 Å². The van der Waals surface area contributed by atoms with Gasteiger partial charge in [0.15, 0.2) is 5.69 Å².